The van der Waals surface area contributed by atoms with E-state index in [0.717, 1.165) is 16.2 Å². The molecule has 188 valence electrons. The number of aliphatic carboxylic acids is 3. The van der Waals surface area contributed by atoms with Crippen molar-refractivity contribution < 1.29 is 44.1 Å². The van der Waals surface area contributed by atoms with Gasteiger partial charge in [0.25, 0.3) is 11.8 Å². The first-order valence-electron chi connectivity index (χ1n) is 9.41. The van der Waals surface area contributed by atoms with E-state index < -0.39 is 47.7 Å². The lowest BCUT2D eigenvalue weighted by molar-refractivity contribution is -0.150. The molecule has 1 aromatic rings. The Morgan fingerprint density at radius 1 is 1.31 bits per heavy atom. The SMILES string of the molecule is C=CC1=C(C(=O)O)N2C(=O)[C@@H](NC(=O)/C(=N\OCC(=O)O)c3csc(N)n3)[C@H]2SC1.NCC(=O)O. The second kappa shape index (κ2) is 12.0. The van der Waals surface area contributed by atoms with Gasteiger partial charge in [0.1, 0.15) is 22.8 Å². The summed E-state index contributed by atoms with van der Waals surface area (Å²) < 4.78 is 0. The number of amides is 2. The predicted octanol–water partition coefficient (Wildman–Crippen LogP) is -1.52. The van der Waals surface area contributed by atoms with Crippen LogP contribution in [-0.4, -0.2) is 91.0 Å². The lowest BCUT2D eigenvalue weighted by Gasteiger charge is -2.49. The van der Waals surface area contributed by atoms with Gasteiger partial charge in [-0.3, -0.25) is 19.3 Å². The minimum Gasteiger partial charge on any atom is -0.480 e. The molecule has 3 heterocycles. The smallest absolute Gasteiger partial charge is 0.352 e. The van der Waals surface area contributed by atoms with Crippen molar-refractivity contribution in [1.29, 1.82) is 0 Å². The fourth-order valence-electron chi connectivity index (χ4n) is 2.76. The Balaban J connectivity index is 0.000000784. The molecule has 2 atom stereocenters. The van der Waals surface area contributed by atoms with Gasteiger partial charge >= 0.3 is 17.9 Å². The van der Waals surface area contributed by atoms with Crippen molar-refractivity contribution in [3.8, 4) is 0 Å². The van der Waals surface area contributed by atoms with Gasteiger partial charge in [0.15, 0.2) is 10.8 Å². The summed E-state index contributed by atoms with van der Waals surface area (Å²) in [5, 5.41) is 32.6. The number of nitrogens with one attached hydrogen (secondary N) is 1. The average molecular weight is 529 g/mol. The molecule has 17 heteroatoms. The molecule has 0 aromatic carbocycles. The average Bonchev–Trinajstić information content (AvgIpc) is 3.24. The fraction of sp³-hybridized carbons (Fsp3) is 0.278. The highest BCUT2D eigenvalue weighted by atomic mass is 32.2. The molecular formula is C18H20N6O9S2. The molecule has 0 saturated carbocycles. The van der Waals surface area contributed by atoms with Gasteiger partial charge in [0.05, 0.1) is 6.54 Å². The largest absolute Gasteiger partial charge is 0.480 e. The predicted molar refractivity (Wildman–Crippen MR) is 123 cm³/mol. The van der Waals surface area contributed by atoms with Gasteiger partial charge in [0.2, 0.25) is 6.61 Å². The fourth-order valence-corrected chi connectivity index (χ4v) is 4.65. The third-order valence-electron chi connectivity index (χ3n) is 4.23. The van der Waals surface area contributed by atoms with Gasteiger partial charge in [-0.15, -0.1) is 23.1 Å². The monoisotopic (exact) mass is 528 g/mol. The van der Waals surface area contributed by atoms with Crippen LogP contribution in [0.4, 0.5) is 5.13 Å². The minimum absolute atomic E-state index is 0.0420. The number of allylic oxidation sites excluding steroid dienone is 1. The number of carboxylic acids is 3. The van der Waals surface area contributed by atoms with Crippen LogP contribution in [0.25, 0.3) is 0 Å². The molecule has 35 heavy (non-hydrogen) atoms. The summed E-state index contributed by atoms with van der Waals surface area (Å²) in [6.07, 6.45) is 1.38. The maximum atomic E-state index is 12.7. The second-order valence-corrected chi connectivity index (χ2v) is 8.51. The van der Waals surface area contributed by atoms with Crippen LogP contribution in [0, 0.1) is 0 Å². The summed E-state index contributed by atoms with van der Waals surface area (Å²) in [7, 11) is 0. The van der Waals surface area contributed by atoms with Crippen LogP contribution in [-0.2, 0) is 28.8 Å². The number of hydrogen-bond acceptors (Lipinski definition) is 12. The normalized spacial score (nSPS) is 18.9. The van der Waals surface area contributed by atoms with E-state index >= 15 is 0 Å². The number of nitrogens with two attached hydrogens (primary N) is 2. The molecule has 2 aliphatic heterocycles. The summed E-state index contributed by atoms with van der Waals surface area (Å²) in [6.45, 7) is 2.50. The van der Waals surface area contributed by atoms with Crippen molar-refractivity contribution >= 4 is 63.7 Å². The van der Waals surface area contributed by atoms with E-state index in [4.69, 9.17) is 15.9 Å². The van der Waals surface area contributed by atoms with E-state index in [1.54, 1.807) is 0 Å². The highest BCUT2D eigenvalue weighted by Crippen LogP contribution is 2.40. The van der Waals surface area contributed by atoms with Gasteiger partial charge in [0, 0.05) is 11.1 Å². The molecular weight excluding hydrogens is 508 g/mol. The Kier molecular flexibility index (Phi) is 9.32. The van der Waals surface area contributed by atoms with Gasteiger partial charge in [-0.2, -0.15) is 0 Å². The number of oxime groups is 1. The number of nitrogens with zero attached hydrogens (tertiary/aromatic N) is 3. The van der Waals surface area contributed by atoms with Crippen LogP contribution in [0.3, 0.4) is 0 Å². The molecule has 2 aliphatic rings. The Morgan fingerprint density at radius 3 is 2.46 bits per heavy atom. The maximum absolute atomic E-state index is 12.7. The molecule has 1 aromatic heterocycles. The van der Waals surface area contributed by atoms with Crippen molar-refractivity contribution in [3.63, 3.8) is 0 Å². The number of anilines is 1. The Morgan fingerprint density at radius 2 is 1.97 bits per heavy atom. The third-order valence-corrected chi connectivity index (χ3v) is 6.21. The third kappa shape index (κ3) is 6.55. The number of β-lactam (4-membered cyclic amide) rings is 1. The summed E-state index contributed by atoms with van der Waals surface area (Å²) >= 11 is 2.30. The van der Waals surface area contributed by atoms with Crippen LogP contribution >= 0.6 is 23.1 Å². The quantitative estimate of drug-likeness (QED) is 0.121. The van der Waals surface area contributed by atoms with E-state index in [0.29, 0.717) is 11.3 Å². The summed E-state index contributed by atoms with van der Waals surface area (Å²) in [5.74, 6) is -4.69. The molecule has 3 rings (SSSR count). The lowest BCUT2D eigenvalue weighted by Crippen LogP contribution is -2.71. The number of hydrogen-bond donors (Lipinski definition) is 6. The van der Waals surface area contributed by atoms with Crippen molar-refractivity contribution in [2.45, 2.75) is 11.4 Å². The molecule has 1 fully saturated rings. The van der Waals surface area contributed by atoms with Crippen LogP contribution in [0.5, 0.6) is 0 Å². The summed E-state index contributed by atoms with van der Waals surface area (Å²) in [5.41, 5.74) is 10.0. The Bertz CT molecular complexity index is 1120. The van der Waals surface area contributed by atoms with Gasteiger partial charge in [-0.05, 0) is 5.57 Å². The standard InChI is InChI=1S/C16H15N5O7S2.C2H5NO2/c1-2-6-4-29-14-10(13(25)21(14)11(6)15(26)27)19-12(24)9(20-28-3-8(22)23)7-5-30-16(17)18-7;3-1-2(4)5/h2,5,10,14H,1,3-4H2,(H2,17,18)(H,19,24)(H,22,23)(H,26,27);1,3H2,(H,4,5)/b20-9-;/t10-,14-;/m1./s1. The van der Waals surface area contributed by atoms with Crippen LogP contribution in [0.2, 0.25) is 0 Å². The van der Waals surface area contributed by atoms with Gasteiger partial charge in [-0.1, -0.05) is 17.8 Å². The van der Waals surface area contributed by atoms with E-state index in [1.807, 2.05) is 0 Å². The van der Waals surface area contributed by atoms with Crippen LogP contribution < -0.4 is 16.8 Å². The van der Waals surface area contributed by atoms with E-state index in [1.165, 1.54) is 23.2 Å². The molecule has 0 aliphatic carbocycles. The molecule has 0 unspecified atom stereocenters. The van der Waals surface area contributed by atoms with E-state index in [-0.39, 0.29) is 28.8 Å². The lowest BCUT2D eigenvalue weighted by atomic mass is 10.0. The molecule has 0 spiro atoms. The molecule has 0 radical (unpaired) electrons. The number of thioether (sulfide) groups is 1. The summed E-state index contributed by atoms with van der Waals surface area (Å²) in [6, 6.07) is -1.01. The molecule has 0 bridgehead atoms. The number of carboxylic acid groups (broad SMARTS) is 3. The summed E-state index contributed by atoms with van der Waals surface area (Å²) in [4.78, 5) is 66.4. The van der Waals surface area contributed by atoms with Crippen molar-refractivity contribution in [2.24, 2.45) is 10.9 Å². The Labute approximate surface area is 205 Å². The van der Waals surface area contributed by atoms with Gasteiger partial charge < -0.3 is 36.9 Å². The number of carbonyl (C=O) groups is 5. The van der Waals surface area contributed by atoms with E-state index in [9.17, 15) is 29.1 Å². The number of fused-ring (bicyclic) bond motifs is 1. The number of aromatic nitrogens is 1. The first-order valence-corrected chi connectivity index (χ1v) is 11.3. The van der Waals surface area contributed by atoms with Crippen molar-refractivity contribution in [3.05, 3.63) is 35.0 Å². The minimum atomic E-state index is -1.30. The zero-order valence-electron chi connectivity index (χ0n) is 17.7. The van der Waals surface area contributed by atoms with Gasteiger partial charge in [-0.25, -0.2) is 14.6 Å². The second-order valence-electron chi connectivity index (χ2n) is 6.52. The molecule has 8 N–H and O–H groups in total. The maximum Gasteiger partial charge on any atom is 0.352 e. The molecule has 15 nitrogen and oxygen atoms in total. The highest BCUT2D eigenvalue weighted by molar-refractivity contribution is 8.00. The molecule has 1 saturated heterocycles. The molecule has 2 amide bonds. The zero-order chi connectivity index (χ0) is 26.3. The number of carbonyl (C=O) groups excluding carboxylic acids is 2. The van der Waals surface area contributed by atoms with Crippen molar-refractivity contribution in [2.75, 3.05) is 24.6 Å². The van der Waals surface area contributed by atoms with Crippen molar-refractivity contribution in [1.82, 2.24) is 15.2 Å². The van der Waals surface area contributed by atoms with Crippen LogP contribution in [0.15, 0.2) is 34.5 Å². The first kappa shape index (κ1) is 27.3. The topological polar surface area (TPSA) is 248 Å². The number of rotatable bonds is 9. The Hall–Kier alpha value is -3.96. The number of thiazole rings is 1. The van der Waals surface area contributed by atoms with Crippen LogP contribution in [0.1, 0.15) is 5.69 Å². The highest BCUT2D eigenvalue weighted by Gasteiger charge is 2.54. The number of nitrogen functional groups attached to an aromatic ring is 1. The zero-order valence-corrected chi connectivity index (χ0v) is 19.4. The van der Waals surface area contributed by atoms with E-state index in [2.05, 4.69) is 32.6 Å². The first-order chi connectivity index (χ1) is 16.5.